The van der Waals surface area contributed by atoms with E-state index in [-0.39, 0.29) is 19.6 Å². The van der Waals surface area contributed by atoms with E-state index in [1.807, 2.05) is 0 Å². The number of carbonyl (C=O) groups is 2. The fourth-order valence-corrected chi connectivity index (χ4v) is 4.85. The van der Waals surface area contributed by atoms with Crippen molar-refractivity contribution in [1.29, 1.82) is 0 Å². The molecule has 0 spiro atoms. The van der Waals surface area contributed by atoms with Gasteiger partial charge >= 0.3 is 13.8 Å². The SMILES string of the molecule is COC(=O)CCNC(=O)[C@@H]1O[P@@](=O)(OCC2CCCCC2)OCC1(C)C. The predicted molar refractivity (Wildman–Crippen MR) is 94.4 cm³/mol. The number of carbonyl (C=O) groups excluding carboxylic acids is 2. The first-order chi connectivity index (χ1) is 12.3. The smallest absolute Gasteiger partial charge is 0.469 e. The van der Waals surface area contributed by atoms with Gasteiger partial charge in [0.1, 0.15) is 0 Å². The number of hydrogen-bond acceptors (Lipinski definition) is 7. The fraction of sp³-hybridized carbons (Fsp3) is 0.882. The second-order valence-electron chi connectivity index (χ2n) is 7.61. The first-order valence-electron chi connectivity index (χ1n) is 9.18. The standard InChI is InChI=1S/C17H30NO7P/c1-17(2)12-24-26(21,23-11-13-7-5-4-6-8-13)25-15(17)16(20)18-10-9-14(19)22-3/h13,15H,4-12H2,1-3H3,(H,18,20)/t15-,26-/m0/s1. The number of amides is 1. The van der Waals surface area contributed by atoms with Crippen LogP contribution in [0.5, 0.6) is 0 Å². The van der Waals surface area contributed by atoms with Crippen molar-refractivity contribution in [2.45, 2.75) is 58.5 Å². The van der Waals surface area contributed by atoms with Crippen LogP contribution in [0.15, 0.2) is 0 Å². The van der Waals surface area contributed by atoms with E-state index in [4.69, 9.17) is 13.6 Å². The van der Waals surface area contributed by atoms with E-state index in [0.29, 0.717) is 12.5 Å². The second-order valence-corrected chi connectivity index (χ2v) is 9.23. The third-order valence-electron chi connectivity index (χ3n) is 4.83. The van der Waals surface area contributed by atoms with Gasteiger partial charge in [-0.05, 0) is 18.8 Å². The van der Waals surface area contributed by atoms with Crippen LogP contribution < -0.4 is 5.32 Å². The van der Waals surface area contributed by atoms with E-state index in [1.165, 1.54) is 13.5 Å². The molecule has 1 aliphatic heterocycles. The summed E-state index contributed by atoms with van der Waals surface area (Å²) in [5, 5.41) is 2.62. The molecule has 1 saturated carbocycles. The summed E-state index contributed by atoms with van der Waals surface area (Å²) < 4.78 is 33.7. The van der Waals surface area contributed by atoms with E-state index >= 15 is 0 Å². The maximum atomic E-state index is 12.8. The Morgan fingerprint density at radius 3 is 2.58 bits per heavy atom. The molecule has 2 fully saturated rings. The van der Waals surface area contributed by atoms with Gasteiger partial charge in [0.05, 0.1) is 26.7 Å². The third kappa shape index (κ3) is 6.05. The minimum atomic E-state index is -3.78. The van der Waals surface area contributed by atoms with E-state index in [2.05, 4.69) is 10.1 Å². The van der Waals surface area contributed by atoms with Gasteiger partial charge in [-0.1, -0.05) is 33.1 Å². The molecule has 0 bridgehead atoms. The van der Waals surface area contributed by atoms with Crippen LogP contribution in [0.2, 0.25) is 0 Å². The van der Waals surface area contributed by atoms with Crippen molar-refractivity contribution in [2.75, 3.05) is 26.9 Å². The number of esters is 1. The zero-order chi connectivity index (χ0) is 19.2. The summed E-state index contributed by atoms with van der Waals surface area (Å²) >= 11 is 0. The van der Waals surface area contributed by atoms with E-state index < -0.39 is 31.2 Å². The largest absolute Gasteiger partial charge is 0.475 e. The topological polar surface area (TPSA) is 100 Å². The highest BCUT2D eigenvalue weighted by Gasteiger charge is 2.49. The lowest BCUT2D eigenvalue weighted by molar-refractivity contribution is -0.143. The van der Waals surface area contributed by atoms with Crippen molar-refractivity contribution in [3.63, 3.8) is 0 Å². The van der Waals surface area contributed by atoms with Gasteiger partial charge in [-0.15, -0.1) is 0 Å². The van der Waals surface area contributed by atoms with Gasteiger partial charge in [-0.3, -0.25) is 23.2 Å². The van der Waals surface area contributed by atoms with Crippen LogP contribution in [0, 0.1) is 11.3 Å². The summed E-state index contributed by atoms with van der Waals surface area (Å²) in [4.78, 5) is 23.6. The summed E-state index contributed by atoms with van der Waals surface area (Å²) in [5.41, 5.74) is -0.669. The summed E-state index contributed by atoms with van der Waals surface area (Å²) in [6.45, 7) is 4.11. The highest BCUT2D eigenvalue weighted by molar-refractivity contribution is 7.48. The molecule has 1 saturated heterocycles. The zero-order valence-electron chi connectivity index (χ0n) is 15.8. The van der Waals surface area contributed by atoms with Crippen molar-refractivity contribution in [3.05, 3.63) is 0 Å². The van der Waals surface area contributed by atoms with E-state index in [1.54, 1.807) is 13.8 Å². The van der Waals surface area contributed by atoms with Gasteiger partial charge in [0.15, 0.2) is 6.10 Å². The second kappa shape index (κ2) is 9.31. The molecule has 2 atom stereocenters. The van der Waals surface area contributed by atoms with Gasteiger partial charge in [0.2, 0.25) is 5.91 Å². The van der Waals surface area contributed by atoms with E-state index in [9.17, 15) is 14.2 Å². The number of rotatable bonds is 7. The quantitative estimate of drug-likeness (QED) is 0.526. The Labute approximate surface area is 154 Å². The van der Waals surface area contributed by atoms with Gasteiger partial charge in [0.25, 0.3) is 0 Å². The van der Waals surface area contributed by atoms with Crippen LogP contribution in [0.1, 0.15) is 52.4 Å². The Balaban J connectivity index is 1.90. The molecule has 0 aromatic carbocycles. The molecule has 1 aliphatic carbocycles. The lowest BCUT2D eigenvalue weighted by Gasteiger charge is -2.39. The normalized spacial score (nSPS) is 29.1. The van der Waals surface area contributed by atoms with Gasteiger partial charge in [0, 0.05) is 12.0 Å². The summed E-state index contributed by atoms with van der Waals surface area (Å²) in [6, 6.07) is 0. The van der Waals surface area contributed by atoms with Crippen LogP contribution in [-0.2, 0) is 32.5 Å². The first-order valence-corrected chi connectivity index (χ1v) is 10.6. The monoisotopic (exact) mass is 391 g/mol. The third-order valence-corrected chi connectivity index (χ3v) is 6.21. The average molecular weight is 391 g/mol. The van der Waals surface area contributed by atoms with Crippen molar-refractivity contribution >= 4 is 19.7 Å². The molecule has 1 heterocycles. The Hall–Kier alpha value is -0.950. The van der Waals surface area contributed by atoms with Crippen LogP contribution >= 0.6 is 7.82 Å². The van der Waals surface area contributed by atoms with Gasteiger partial charge in [-0.25, -0.2) is 4.57 Å². The molecule has 0 aromatic rings. The van der Waals surface area contributed by atoms with Crippen molar-refractivity contribution in [1.82, 2.24) is 5.32 Å². The van der Waals surface area contributed by atoms with Crippen molar-refractivity contribution < 1.29 is 32.5 Å². The molecule has 1 N–H and O–H groups in total. The molecular formula is C17H30NO7P. The van der Waals surface area contributed by atoms with Crippen LogP contribution in [0.4, 0.5) is 0 Å². The fourth-order valence-electron chi connectivity index (χ4n) is 3.13. The Bertz CT molecular complexity index is 545. The predicted octanol–water partition coefficient (Wildman–Crippen LogP) is 2.81. The average Bonchev–Trinajstić information content (AvgIpc) is 2.63. The molecule has 150 valence electrons. The lowest BCUT2D eigenvalue weighted by Crippen LogP contribution is -2.50. The summed E-state index contributed by atoms with van der Waals surface area (Å²) in [5.74, 6) is -0.508. The van der Waals surface area contributed by atoms with Crippen LogP contribution in [-0.4, -0.2) is 44.8 Å². The molecule has 0 aromatic heterocycles. The Morgan fingerprint density at radius 1 is 1.23 bits per heavy atom. The molecule has 9 heteroatoms. The Kier molecular flexibility index (Phi) is 7.64. The molecule has 8 nitrogen and oxygen atoms in total. The van der Waals surface area contributed by atoms with Crippen LogP contribution in [0.25, 0.3) is 0 Å². The molecule has 26 heavy (non-hydrogen) atoms. The molecule has 0 unspecified atom stereocenters. The number of hydrogen-bond donors (Lipinski definition) is 1. The molecule has 0 radical (unpaired) electrons. The van der Waals surface area contributed by atoms with Gasteiger partial charge < -0.3 is 10.1 Å². The number of ether oxygens (including phenoxy) is 1. The van der Waals surface area contributed by atoms with Crippen molar-refractivity contribution in [3.8, 4) is 0 Å². The molecular weight excluding hydrogens is 361 g/mol. The Morgan fingerprint density at radius 2 is 1.92 bits per heavy atom. The first kappa shape index (κ1) is 21.4. The zero-order valence-corrected chi connectivity index (χ0v) is 16.7. The number of phosphoric acid groups is 1. The minimum Gasteiger partial charge on any atom is -0.469 e. The number of nitrogens with one attached hydrogen (secondary N) is 1. The molecule has 2 aliphatic rings. The number of methoxy groups -OCH3 is 1. The lowest BCUT2D eigenvalue weighted by atomic mass is 9.87. The van der Waals surface area contributed by atoms with Crippen molar-refractivity contribution in [2.24, 2.45) is 11.3 Å². The highest BCUT2D eigenvalue weighted by Crippen LogP contribution is 2.57. The maximum absolute atomic E-state index is 12.8. The summed E-state index contributed by atoms with van der Waals surface area (Å²) in [7, 11) is -2.49. The molecule has 1 amide bonds. The number of phosphoric ester groups is 1. The minimum absolute atomic E-state index is 0.0573. The van der Waals surface area contributed by atoms with E-state index in [0.717, 1.165) is 25.7 Å². The maximum Gasteiger partial charge on any atom is 0.475 e. The summed E-state index contributed by atoms with van der Waals surface area (Å²) in [6.07, 6.45) is 4.69. The highest BCUT2D eigenvalue weighted by atomic mass is 31.2. The van der Waals surface area contributed by atoms with Gasteiger partial charge in [-0.2, -0.15) is 0 Å². The van der Waals surface area contributed by atoms with Crippen LogP contribution in [0.3, 0.4) is 0 Å². The molecule has 2 rings (SSSR count).